The van der Waals surface area contributed by atoms with Crippen LogP contribution >= 0.6 is 0 Å². The molecule has 1 aliphatic rings. The summed E-state index contributed by atoms with van der Waals surface area (Å²) in [6, 6.07) is 6.66. The van der Waals surface area contributed by atoms with Crippen molar-refractivity contribution in [2.75, 3.05) is 5.32 Å². The van der Waals surface area contributed by atoms with Crippen LogP contribution in [-0.2, 0) is 0 Å². The van der Waals surface area contributed by atoms with Gasteiger partial charge in [0.05, 0.1) is 11.6 Å². The van der Waals surface area contributed by atoms with Crippen molar-refractivity contribution in [2.24, 2.45) is 0 Å². The number of hydrogen-bond donors (Lipinski definition) is 3. The second-order valence-electron chi connectivity index (χ2n) is 5.92. The van der Waals surface area contributed by atoms with Crippen molar-refractivity contribution >= 4 is 5.82 Å². The number of ether oxygens (including phenoxy) is 1. The van der Waals surface area contributed by atoms with Crippen molar-refractivity contribution in [3.05, 3.63) is 47.7 Å². The minimum Gasteiger partial charge on any atom is -0.486 e. The molecule has 0 unspecified atom stereocenters. The van der Waals surface area contributed by atoms with Crippen LogP contribution in [-0.4, -0.2) is 44.5 Å². The zero-order valence-corrected chi connectivity index (χ0v) is 13.4. The Labute approximate surface area is 143 Å². The van der Waals surface area contributed by atoms with Gasteiger partial charge in [0.25, 0.3) is 0 Å². The Morgan fingerprint density at radius 1 is 1.28 bits per heavy atom. The summed E-state index contributed by atoms with van der Waals surface area (Å²) in [6.45, 7) is 1.82. The minimum absolute atomic E-state index is 0.0320. The molecule has 1 fully saturated rings. The molecule has 2 aromatic rings. The maximum absolute atomic E-state index is 13.2. The highest BCUT2D eigenvalue weighted by molar-refractivity contribution is 5.43. The molecule has 25 heavy (non-hydrogen) atoms. The largest absolute Gasteiger partial charge is 0.486 e. The van der Waals surface area contributed by atoms with Crippen LogP contribution in [0.3, 0.4) is 0 Å². The third-order valence-electron chi connectivity index (χ3n) is 4.11. The fourth-order valence-corrected chi connectivity index (χ4v) is 2.83. The lowest BCUT2D eigenvalue weighted by molar-refractivity contribution is -0.0105. The Bertz CT molecular complexity index is 811. The predicted octanol–water partition coefficient (Wildman–Crippen LogP) is 1.15. The zero-order valence-electron chi connectivity index (χ0n) is 13.4. The number of nitriles is 1. The van der Waals surface area contributed by atoms with Gasteiger partial charge in [0.15, 0.2) is 0 Å². The average Bonchev–Trinajstić information content (AvgIpc) is 2.84. The summed E-state index contributed by atoms with van der Waals surface area (Å²) in [5, 5.41) is 32.6. The molecule has 0 saturated heterocycles. The van der Waals surface area contributed by atoms with Gasteiger partial charge in [-0.2, -0.15) is 5.26 Å². The Kier molecular flexibility index (Phi) is 4.79. The van der Waals surface area contributed by atoms with Gasteiger partial charge >= 0.3 is 0 Å². The molecule has 130 valence electrons. The lowest BCUT2D eigenvalue weighted by Gasteiger charge is -2.19. The third kappa shape index (κ3) is 3.68. The van der Waals surface area contributed by atoms with Crippen molar-refractivity contribution in [1.82, 2.24) is 9.97 Å². The quantitative estimate of drug-likeness (QED) is 0.763. The Balaban J connectivity index is 1.73. The molecule has 0 aliphatic heterocycles. The molecule has 3 rings (SSSR count). The van der Waals surface area contributed by atoms with Crippen molar-refractivity contribution in [3.63, 3.8) is 0 Å². The molecular weight excluding hydrogens is 327 g/mol. The first-order valence-electron chi connectivity index (χ1n) is 7.75. The van der Waals surface area contributed by atoms with Crippen molar-refractivity contribution in [2.45, 2.75) is 37.7 Å². The predicted molar refractivity (Wildman–Crippen MR) is 86.3 cm³/mol. The number of benzene rings is 1. The van der Waals surface area contributed by atoms with E-state index >= 15 is 0 Å². The fraction of sp³-hybridized carbons (Fsp3) is 0.353. The van der Waals surface area contributed by atoms with Gasteiger partial charge < -0.3 is 20.3 Å². The molecule has 3 N–H and O–H groups in total. The monoisotopic (exact) mass is 344 g/mol. The van der Waals surface area contributed by atoms with E-state index in [2.05, 4.69) is 15.3 Å². The van der Waals surface area contributed by atoms with E-state index in [0.717, 1.165) is 11.8 Å². The van der Waals surface area contributed by atoms with E-state index in [1.807, 2.05) is 13.0 Å². The van der Waals surface area contributed by atoms with Crippen molar-refractivity contribution in [3.8, 4) is 11.8 Å². The zero-order chi connectivity index (χ0) is 18.0. The molecule has 7 nitrogen and oxygen atoms in total. The number of aliphatic hydroxyl groups excluding tert-OH is 2. The highest BCUT2D eigenvalue weighted by Crippen LogP contribution is 2.29. The van der Waals surface area contributed by atoms with Gasteiger partial charge in [0.1, 0.15) is 48.1 Å². The summed E-state index contributed by atoms with van der Waals surface area (Å²) in [5.74, 6) is 0.150. The molecule has 1 saturated carbocycles. The van der Waals surface area contributed by atoms with E-state index in [1.165, 1.54) is 18.5 Å². The molecular formula is C17H17FN4O3. The number of aryl methyl sites for hydroxylation is 1. The number of rotatable bonds is 4. The van der Waals surface area contributed by atoms with Crippen LogP contribution in [0.25, 0.3) is 0 Å². The molecule has 0 spiro atoms. The number of anilines is 1. The van der Waals surface area contributed by atoms with Crippen molar-refractivity contribution in [1.29, 1.82) is 5.26 Å². The summed E-state index contributed by atoms with van der Waals surface area (Å²) in [4.78, 5) is 8.06. The van der Waals surface area contributed by atoms with E-state index in [0.29, 0.717) is 5.82 Å². The van der Waals surface area contributed by atoms with E-state index in [4.69, 9.17) is 10.00 Å². The third-order valence-corrected chi connectivity index (χ3v) is 4.11. The minimum atomic E-state index is -1.16. The molecule has 1 aromatic carbocycles. The van der Waals surface area contributed by atoms with Crippen LogP contribution in [0.15, 0.2) is 30.6 Å². The number of aromatic nitrogens is 2. The Morgan fingerprint density at radius 2 is 2.08 bits per heavy atom. The number of aliphatic hydroxyl groups is 2. The van der Waals surface area contributed by atoms with Gasteiger partial charge in [-0.1, -0.05) is 0 Å². The highest BCUT2D eigenvalue weighted by atomic mass is 19.1. The smallest absolute Gasteiger partial charge is 0.137 e. The summed E-state index contributed by atoms with van der Waals surface area (Å²) in [6.07, 6.45) is -1.29. The standard InChI is InChI=1S/C17H17FN4O3/c1-9-4-15(21-8-20-9)22-12-6-14(17(24)16(12)23)25-13-3-2-11(18)5-10(13)7-19/h2-5,8,12,14,16-17,23-24H,6H2,1H3,(H,20,21,22)/t12-,14+,16+,17-/m1/s1. The van der Waals surface area contributed by atoms with Gasteiger partial charge in [-0.15, -0.1) is 0 Å². The SMILES string of the molecule is Cc1cc(N[C@@H]2C[C@H](Oc3ccc(F)cc3C#N)[C@@H](O)[C@H]2O)ncn1. The normalized spacial score (nSPS) is 25.4. The topological polar surface area (TPSA) is 111 Å². The van der Waals surface area contributed by atoms with Crippen LogP contribution < -0.4 is 10.1 Å². The molecule has 0 bridgehead atoms. The first kappa shape index (κ1) is 17.1. The Hall–Kier alpha value is -2.76. The summed E-state index contributed by atoms with van der Waals surface area (Å²) >= 11 is 0. The Morgan fingerprint density at radius 3 is 2.80 bits per heavy atom. The van der Waals surface area contributed by atoms with Crippen LogP contribution in [0.4, 0.5) is 10.2 Å². The van der Waals surface area contributed by atoms with Gasteiger partial charge in [-0.3, -0.25) is 0 Å². The van der Waals surface area contributed by atoms with E-state index in [-0.39, 0.29) is 17.7 Å². The lowest BCUT2D eigenvalue weighted by Crippen LogP contribution is -2.37. The highest BCUT2D eigenvalue weighted by Gasteiger charge is 2.43. The average molecular weight is 344 g/mol. The summed E-state index contributed by atoms with van der Waals surface area (Å²) < 4.78 is 18.9. The number of nitrogens with one attached hydrogen (secondary N) is 1. The first-order chi connectivity index (χ1) is 12.0. The molecule has 1 aliphatic carbocycles. The first-order valence-corrected chi connectivity index (χ1v) is 7.75. The van der Waals surface area contributed by atoms with Crippen LogP contribution in [0, 0.1) is 24.1 Å². The van der Waals surface area contributed by atoms with Gasteiger partial charge in [0.2, 0.25) is 0 Å². The molecule has 0 radical (unpaired) electrons. The van der Waals surface area contributed by atoms with Crippen LogP contribution in [0.2, 0.25) is 0 Å². The summed E-state index contributed by atoms with van der Waals surface area (Å²) in [5.41, 5.74) is 0.799. The number of hydrogen-bond acceptors (Lipinski definition) is 7. The van der Waals surface area contributed by atoms with Crippen LogP contribution in [0.1, 0.15) is 17.7 Å². The maximum atomic E-state index is 13.2. The van der Waals surface area contributed by atoms with E-state index < -0.39 is 30.2 Å². The van der Waals surface area contributed by atoms with Gasteiger partial charge in [-0.25, -0.2) is 14.4 Å². The molecule has 0 amide bonds. The number of nitrogens with zero attached hydrogens (tertiary/aromatic N) is 3. The lowest BCUT2D eigenvalue weighted by atomic mass is 10.2. The molecule has 1 aromatic heterocycles. The van der Waals surface area contributed by atoms with E-state index in [1.54, 1.807) is 6.07 Å². The number of halogens is 1. The second-order valence-corrected chi connectivity index (χ2v) is 5.92. The summed E-state index contributed by atoms with van der Waals surface area (Å²) in [7, 11) is 0. The van der Waals surface area contributed by atoms with Crippen molar-refractivity contribution < 1.29 is 19.3 Å². The molecule has 4 atom stereocenters. The maximum Gasteiger partial charge on any atom is 0.137 e. The second kappa shape index (κ2) is 7.01. The molecule has 1 heterocycles. The van der Waals surface area contributed by atoms with E-state index in [9.17, 15) is 14.6 Å². The van der Waals surface area contributed by atoms with Gasteiger partial charge in [0, 0.05) is 18.2 Å². The van der Waals surface area contributed by atoms with Gasteiger partial charge in [-0.05, 0) is 25.1 Å². The fourth-order valence-electron chi connectivity index (χ4n) is 2.83. The molecule has 8 heteroatoms. The van der Waals surface area contributed by atoms with Crippen LogP contribution in [0.5, 0.6) is 5.75 Å².